The Morgan fingerprint density at radius 1 is 1.11 bits per heavy atom. The third-order valence-corrected chi connectivity index (χ3v) is 4.90. The zero-order valence-corrected chi connectivity index (χ0v) is 14.8. The lowest BCUT2D eigenvalue weighted by atomic mass is 10.1. The first-order valence-electron chi connectivity index (χ1n) is 8.47. The number of ether oxygens (including phenoxy) is 2. The molecule has 1 saturated heterocycles. The molecule has 0 aliphatic carbocycles. The van der Waals surface area contributed by atoms with Crippen LogP contribution in [0.3, 0.4) is 0 Å². The second-order valence-corrected chi connectivity index (χ2v) is 6.85. The van der Waals surface area contributed by atoms with Crippen molar-refractivity contribution >= 4 is 23.2 Å². The van der Waals surface area contributed by atoms with E-state index in [0.717, 1.165) is 11.3 Å². The molecule has 1 amide bonds. The number of carbonyl (C=O) groups is 1. The number of halogens is 1. The second-order valence-electron chi connectivity index (χ2n) is 6.41. The lowest BCUT2D eigenvalue weighted by Crippen LogP contribution is -2.24. The van der Waals surface area contributed by atoms with Crippen LogP contribution >= 0.6 is 11.6 Å². The Hall–Kier alpha value is -3.06. The lowest BCUT2D eigenvalue weighted by Gasteiger charge is -2.16. The molecule has 8 heteroatoms. The molecular weight excluding hydrogens is 370 g/mol. The average molecular weight is 384 g/mol. The van der Waals surface area contributed by atoms with E-state index in [1.165, 1.54) is 0 Å². The summed E-state index contributed by atoms with van der Waals surface area (Å²) in [5.74, 6) is 2.09. The molecule has 136 valence electrons. The predicted octanol–water partition coefficient (Wildman–Crippen LogP) is 3.64. The van der Waals surface area contributed by atoms with Crippen molar-refractivity contribution in [3.05, 3.63) is 53.4 Å². The lowest BCUT2D eigenvalue weighted by molar-refractivity contribution is -0.117. The van der Waals surface area contributed by atoms with Crippen LogP contribution in [0.2, 0.25) is 5.02 Å². The van der Waals surface area contributed by atoms with Crippen molar-refractivity contribution < 1.29 is 18.8 Å². The van der Waals surface area contributed by atoms with Gasteiger partial charge in [-0.2, -0.15) is 4.98 Å². The summed E-state index contributed by atoms with van der Waals surface area (Å²) in [5.41, 5.74) is 1.54. The number of fused-ring (bicyclic) bond motifs is 1. The van der Waals surface area contributed by atoms with Gasteiger partial charge in [0.2, 0.25) is 24.4 Å². The molecule has 2 aromatic carbocycles. The van der Waals surface area contributed by atoms with Crippen LogP contribution in [0.25, 0.3) is 11.4 Å². The van der Waals surface area contributed by atoms with Crippen LogP contribution in [0.4, 0.5) is 5.69 Å². The van der Waals surface area contributed by atoms with Gasteiger partial charge in [0, 0.05) is 29.2 Å². The highest BCUT2D eigenvalue weighted by Crippen LogP contribution is 2.36. The molecule has 0 radical (unpaired) electrons. The summed E-state index contributed by atoms with van der Waals surface area (Å²) in [5, 5.41) is 4.65. The van der Waals surface area contributed by atoms with Crippen molar-refractivity contribution in [3.63, 3.8) is 0 Å². The van der Waals surface area contributed by atoms with Crippen molar-refractivity contribution in [2.45, 2.75) is 12.3 Å². The van der Waals surface area contributed by atoms with E-state index in [2.05, 4.69) is 10.1 Å². The van der Waals surface area contributed by atoms with E-state index in [9.17, 15) is 4.79 Å². The molecule has 1 aromatic heterocycles. The molecule has 0 spiro atoms. The van der Waals surface area contributed by atoms with E-state index in [1.54, 1.807) is 17.0 Å². The minimum Gasteiger partial charge on any atom is -0.454 e. The predicted molar refractivity (Wildman–Crippen MR) is 97.0 cm³/mol. The van der Waals surface area contributed by atoms with Crippen molar-refractivity contribution in [3.8, 4) is 22.9 Å². The number of carbonyl (C=O) groups excluding carboxylic acids is 1. The van der Waals surface area contributed by atoms with Crippen LogP contribution < -0.4 is 14.4 Å². The van der Waals surface area contributed by atoms with Crippen LogP contribution in [0.5, 0.6) is 11.5 Å². The van der Waals surface area contributed by atoms with Crippen LogP contribution in [0.1, 0.15) is 18.2 Å². The fourth-order valence-electron chi connectivity index (χ4n) is 3.32. The molecule has 0 saturated carbocycles. The number of amides is 1. The quantitative estimate of drug-likeness (QED) is 0.687. The first-order chi connectivity index (χ1) is 13.2. The summed E-state index contributed by atoms with van der Waals surface area (Å²) >= 11 is 6.04. The number of anilines is 1. The minimum atomic E-state index is -0.160. The monoisotopic (exact) mass is 383 g/mol. The summed E-state index contributed by atoms with van der Waals surface area (Å²) in [6.07, 6.45) is 0.315. The fraction of sp³-hybridized carbons (Fsp3) is 0.211. The Morgan fingerprint density at radius 2 is 2.00 bits per heavy atom. The molecule has 1 atom stereocenters. The Balaban J connectivity index is 1.38. The molecule has 1 fully saturated rings. The van der Waals surface area contributed by atoms with E-state index in [1.807, 2.05) is 30.3 Å². The minimum absolute atomic E-state index is 0.00472. The van der Waals surface area contributed by atoms with Gasteiger partial charge in [-0.15, -0.1) is 0 Å². The number of hydrogen-bond acceptors (Lipinski definition) is 6. The van der Waals surface area contributed by atoms with Gasteiger partial charge in [-0.25, -0.2) is 0 Å². The smallest absolute Gasteiger partial charge is 0.232 e. The van der Waals surface area contributed by atoms with Gasteiger partial charge in [-0.05, 0) is 36.4 Å². The highest BCUT2D eigenvalue weighted by atomic mass is 35.5. The third-order valence-electron chi connectivity index (χ3n) is 4.67. The van der Waals surface area contributed by atoms with Gasteiger partial charge < -0.3 is 18.9 Å². The molecule has 3 aromatic rings. The Bertz CT molecular complexity index is 1040. The van der Waals surface area contributed by atoms with Crippen molar-refractivity contribution in [2.75, 3.05) is 18.2 Å². The SMILES string of the molecule is O=C1C[C@H](c2nc(-c3ccc4c(c3)OCO4)no2)CN1c1cccc(Cl)c1. The van der Waals surface area contributed by atoms with Gasteiger partial charge >= 0.3 is 0 Å². The highest BCUT2D eigenvalue weighted by Gasteiger charge is 2.35. The number of rotatable bonds is 3. The molecule has 0 N–H and O–H groups in total. The maximum Gasteiger partial charge on any atom is 0.232 e. The Morgan fingerprint density at radius 3 is 2.89 bits per heavy atom. The molecule has 3 heterocycles. The number of benzene rings is 2. The molecule has 5 rings (SSSR count). The molecule has 27 heavy (non-hydrogen) atoms. The third kappa shape index (κ3) is 2.90. The summed E-state index contributed by atoms with van der Waals surface area (Å²) in [6.45, 7) is 0.682. The fourth-order valence-corrected chi connectivity index (χ4v) is 3.50. The summed E-state index contributed by atoms with van der Waals surface area (Å²) in [7, 11) is 0. The molecule has 7 nitrogen and oxygen atoms in total. The second kappa shape index (κ2) is 6.28. The maximum atomic E-state index is 12.4. The zero-order valence-electron chi connectivity index (χ0n) is 14.1. The van der Waals surface area contributed by atoms with Crippen LogP contribution in [0, 0.1) is 0 Å². The van der Waals surface area contributed by atoms with Crippen LogP contribution in [-0.4, -0.2) is 29.4 Å². The summed E-state index contributed by atoms with van der Waals surface area (Å²) < 4.78 is 16.1. The molecule has 2 aliphatic rings. The zero-order chi connectivity index (χ0) is 18.4. The normalized spacial score (nSPS) is 18.3. The summed E-state index contributed by atoms with van der Waals surface area (Å²) in [6, 6.07) is 12.7. The van der Waals surface area contributed by atoms with Crippen molar-refractivity contribution in [1.82, 2.24) is 10.1 Å². The highest BCUT2D eigenvalue weighted by molar-refractivity contribution is 6.30. The first-order valence-corrected chi connectivity index (χ1v) is 8.85. The number of nitrogens with zero attached hydrogens (tertiary/aromatic N) is 3. The van der Waals surface area contributed by atoms with Gasteiger partial charge in [-0.3, -0.25) is 4.79 Å². The first kappa shape index (κ1) is 16.1. The van der Waals surface area contributed by atoms with E-state index in [-0.39, 0.29) is 18.6 Å². The van der Waals surface area contributed by atoms with Gasteiger partial charge in [0.25, 0.3) is 0 Å². The largest absolute Gasteiger partial charge is 0.454 e. The van der Waals surface area contributed by atoms with Crippen molar-refractivity contribution in [2.24, 2.45) is 0 Å². The topological polar surface area (TPSA) is 77.7 Å². The van der Waals surface area contributed by atoms with E-state index < -0.39 is 0 Å². The maximum absolute atomic E-state index is 12.4. The molecule has 0 bridgehead atoms. The van der Waals surface area contributed by atoms with Gasteiger partial charge in [0.05, 0.1) is 5.92 Å². The molecule has 2 aliphatic heterocycles. The van der Waals surface area contributed by atoms with Gasteiger partial charge in [-0.1, -0.05) is 22.8 Å². The Labute approximate surface area is 159 Å². The van der Waals surface area contributed by atoms with E-state index in [4.69, 9.17) is 25.6 Å². The van der Waals surface area contributed by atoms with Crippen LogP contribution in [0.15, 0.2) is 47.0 Å². The van der Waals surface area contributed by atoms with Gasteiger partial charge in [0.1, 0.15) is 0 Å². The van der Waals surface area contributed by atoms with Gasteiger partial charge in [0.15, 0.2) is 11.5 Å². The van der Waals surface area contributed by atoms with Crippen LogP contribution in [-0.2, 0) is 4.79 Å². The molecular formula is C19H14ClN3O4. The molecule has 0 unspecified atom stereocenters. The Kier molecular flexibility index (Phi) is 3.75. The average Bonchev–Trinajstić information content (AvgIpc) is 3.40. The standard InChI is InChI=1S/C19H14ClN3O4/c20-13-2-1-3-14(8-13)23-9-12(7-17(23)24)19-21-18(22-27-19)11-4-5-15-16(6-11)26-10-25-15/h1-6,8,12H,7,9-10H2/t12-/m0/s1. The number of aromatic nitrogens is 2. The van der Waals surface area contributed by atoms with E-state index >= 15 is 0 Å². The summed E-state index contributed by atoms with van der Waals surface area (Å²) in [4.78, 5) is 18.6. The number of hydrogen-bond donors (Lipinski definition) is 0. The van der Waals surface area contributed by atoms with E-state index in [0.29, 0.717) is 41.2 Å². The van der Waals surface area contributed by atoms with Crippen molar-refractivity contribution in [1.29, 1.82) is 0 Å².